The van der Waals surface area contributed by atoms with Gasteiger partial charge in [-0.05, 0) is 44.9 Å². The van der Waals surface area contributed by atoms with Crippen LogP contribution in [0.5, 0.6) is 5.75 Å². The normalized spacial score (nSPS) is 22.7. The Labute approximate surface area is 157 Å². The Bertz CT molecular complexity index is 808. The lowest BCUT2D eigenvalue weighted by Crippen LogP contribution is -2.52. The van der Waals surface area contributed by atoms with E-state index in [2.05, 4.69) is 0 Å². The average Bonchev–Trinajstić information content (AvgIpc) is 2.68. The molecule has 0 saturated carbocycles. The quantitative estimate of drug-likeness (QED) is 0.798. The summed E-state index contributed by atoms with van der Waals surface area (Å²) < 4.78 is 59.6. The van der Waals surface area contributed by atoms with Gasteiger partial charge in [-0.15, -0.1) is 0 Å². The topological polar surface area (TPSA) is 95.9 Å². The molecule has 1 heterocycles. The van der Waals surface area contributed by atoms with Crippen LogP contribution in [0, 0.1) is 0 Å². The zero-order chi connectivity index (χ0) is 20.6. The Morgan fingerprint density at radius 1 is 1.41 bits per heavy atom. The summed E-state index contributed by atoms with van der Waals surface area (Å²) in [6.07, 6.45) is -0.258. The second-order valence-electron chi connectivity index (χ2n) is 7.68. The highest BCUT2D eigenvalue weighted by atomic mass is 32.2. The fraction of sp³-hybridized carbons (Fsp3) is 0.588. The van der Waals surface area contributed by atoms with Gasteiger partial charge in [-0.3, -0.25) is 4.90 Å². The molecule has 0 spiro atoms. The predicted molar refractivity (Wildman–Crippen MR) is 95.3 cm³/mol. The first kappa shape index (κ1) is 21.4. The summed E-state index contributed by atoms with van der Waals surface area (Å²) in [5.74, 6) is -3.55. The molecule has 0 aromatic heterocycles. The molecule has 1 amide bonds. The van der Waals surface area contributed by atoms with Crippen molar-refractivity contribution in [2.24, 2.45) is 0 Å². The monoisotopic (exact) mass is 406 g/mol. The van der Waals surface area contributed by atoms with Gasteiger partial charge in [-0.25, -0.2) is 26.7 Å². The molecular weight excluding hydrogens is 382 g/mol. The number of ether oxygens (including phenoxy) is 1. The van der Waals surface area contributed by atoms with Crippen molar-refractivity contribution < 1.29 is 31.8 Å². The summed E-state index contributed by atoms with van der Waals surface area (Å²) in [6, 6.07) is 2.93. The molecule has 152 valence electrons. The third-order valence-electron chi connectivity index (χ3n) is 3.95. The number of rotatable bonds is 4. The van der Waals surface area contributed by atoms with Crippen LogP contribution in [-0.2, 0) is 21.2 Å². The summed E-state index contributed by atoms with van der Waals surface area (Å²) >= 11 is 0. The lowest BCUT2D eigenvalue weighted by atomic mass is 9.99. The van der Waals surface area contributed by atoms with Crippen molar-refractivity contribution in [1.82, 2.24) is 9.62 Å². The Hall–Kier alpha value is -1.94. The van der Waals surface area contributed by atoms with Crippen LogP contribution >= 0.6 is 0 Å². The van der Waals surface area contributed by atoms with Crippen molar-refractivity contribution in [1.29, 1.82) is 0 Å². The molecule has 0 bridgehead atoms. The van der Waals surface area contributed by atoms with E-state index < -0.39 is 46.3 Å². The molecule has 0 radical (unpaired) electrons. The number of carbonyl (C=O) groups excluding carboxylic acids is 1. The molecule has 0 aliphatic carbocycles. The molecule has 1 fully saturated rings. The molecule has 2 rings (SSSR count). The van der Waals surface area contributed by atoms with Gasteiger partial charge in [0.05, 0.1) is 18.8 Å². The lowest BCUT2D eigenvalue weighted by Gasteiger charge is -2.30. The third-order valence-corrected chi connectivity index (χ3v) is 4.63. The summed E-state index contributed by atoms with van der Waals surface area (Å²) in [4.78, 5) is 13.3. The van der Waals surface area contributed by atoms with Crippen LogP contribution in [0.3, 0.4) is 0 Å². The number of likely N-dealkylation sites (tertiary alicyclic amines) is 1. The Morgan fingerprint density at radius 3 is 2.56 bits per heavy atom. The number of carbonyl (C=O) groups is 1. The van der Waals surface area contributed by atoms with Crippen LogP contribution in [0.15, 0.2) is 24.3 Å². The van der Waals surface area contributed by atoms with Gasteiger partial charge in [0.25, 0.3) is 5.92 Å². The Morgan fingerprint density at radius 2 is 2.04 bits per heavy atom. The maximum absolute atomic E-state index is 14.6. The molecule has 1 aromatic carbocycles. The van der Waals surface area contributed by atoms with Crippen LogP contribution in [-0.4, -0.2) is 60.9 Å². The number of nitrogens with zero attached hydrogens (tertiary/aromatic N) is 1. The van der Waals surface area contributed by atoms with Gasteiger partial charge in [0.2, 0.25) is 10.0 Å². The fourth-order valence-corrected chi connectivity index (χ4v) is 3.76. The molecule has 1 aliphatic rings. The summed E-state index contributed by atoms with van der Waals surface area (Å²) in [5, 5.41) is 9.61. The second-order valence-corrected chi connectivity index (χ2v) is 9.46. The van der Waals surface area contributed by atoms with E-state index in [1.165, 1.54) is 18.2 Å². The van der Waals surface area contributed by atoms with Crippen molar-refractivity contribution in [3.05, 3.63) is 29.8 Å². The molecular formula is C17H24F2N2O5S. The van der Waals surface area contributed by atoms with E-state index in [1.807, 2.05) is 4.72 Å². The number of nitrogens with one attached hydrogen (secondary N) is 1. The van der Waals surface area contributed by atoms with Crippen molar-refractivity contribution in [3.63, 3.8) is 0 Å². The zero-order valence-electron chi connectivity index (χ0n) is 15.6. The predicted octanol–water partition coefficient (Wildman–Crippen LogP) is 2.11. The van der Waals surface area contributed by atoms with Crippen molar-refractivity contribution >= 4 is 16.1 Å². The first-order valence-electron chi connectivity index (χ1n) is 8.31. The number of benzene rings is 1. The van der Waals surface area contributed by atoms with E-state index in [1.54, 1.807) is 26.8 Å². The van der Waals surface area contributed by atoms with E-state index >= 15 is 0 Å². The maximum Gasteiger partial charge on any atom is 0.410 e. The minimum Gasteiger partial charge on any atom is -0.508 e. The van der Waals surface area contributed by atoms with Gasteiger partial charge in [0, 0.05) is 0 Å². The van der Waals surface area contributed by atoms with E-state index in [9.17, 15) is 27.1 Å². The zero-order valence-corrected chi connectivity index (χ0v) is 16.4. The van der Waals surface area contributed by atoms with E-state index in [4.69, 9.17) is 4.74 Å². The largest absolute Gasteiger partial charge is 0.508 e. The van der Waals surface area contributed by atoms with Gasteiger partial charge >= 0.3 is 6.09 Å². The number of phenols is 1. The highest BCUT2D eigenvalue weighted by molar-refractivity contribution is 7.88. The van der Waals surface area contributed by atoms with E-state index in [-0.39, 0.29) is 12.2 Å². The smallest absolute Gasteiger partial charge is 0.410 e. The van der Waals surface area contributed by atoms with Crippen LogP contribution in [0.1, 0.15) is 26.3 Å². The SMILES string of the molecule is CC(C)(C)OC(=O)N1CC(F)(F)[C@H](NS(C)(=O)=O)[C@@H]1Cc1cccc(O)c1. The maximum atomic E-state index is 14.6. The number of hydrogen-bond donors (Lipinski definition) is 2. The van der Waals surface area contributed by atoms with E-state index in [0.29, 0.717) is 5.56 Å². The minimum atomic E-state index is -3.95. The van der Waals surface area contributed by atoms with Gasteiger partial charge in [-0.1, -0.05) is 12.1 Å². The number of hydrogen-bond acceptors (Lipinski definition) is 5. The average molecular weight is 406 g/mol. The van der Waals surface area contributed by atoms with Crippen LogP contribution in [0.4, 0.5) is 13.6 Å². The molecule has 0 unspecified atom stereocenters. The van der Waals surface area contributed by atoms with Crippen molar-refractivity contribution in [3.8, 4) is 5.75 Å². The van der Waals surface area contributed by atoms with Gasteiger partial charge in [-0.2, -0.15) is 0 Å². The first-order chi connectivity index (χ1) is 12.2. The fourth-order valence-electron chi connectivity index (χ4n) is 2.97. The van der Waals surface area contributed by atoms with Crippen LogP contribution in [0.25, 0.3) is 0 Å². The van der Waals surface area contributed by atoms with Gasteiger partial charge in [0.1, 0.15) is 17.4 Å². The molecule has 2 N–H and O–H groups in total. The molecule has 1 saturated heterocycles. The molecule has 27 heavy (non-hydrogen) atoms. The number of sulfonamides is 1. The summed E-state index contributed by atoms with van der Waals surface area (Å²) in [5.41, 5.74) is -0.420. The van der Waals surface area contributed by atoms with Crippen molar-refractivity contribution in [2.45, 2.75) is 50.8 Å². The minimum absolute atomic E-state index is 0.0614. The summed E-state index contributed by atoms with van der Waals surface area (Å²) in [7, 11) is -3.95. The Kier molecular flexibility index (Phi) is 5.72. The molecule has 1 aliphatic heterocycles. The number of phenolic OH excluding ortho intramolecular Hbond substituents is 1. The second kappa shape index (κ2) is 7.23. The molecule has 1 aromatic rings. The number of amides is 1. The standard InChI is InChI=1S/C17H24F2N2O5S/c1-16(2,3)26-15(23)21-10-17(18,19)14(20-27(4,24)25)13(21)9-11-6-5-7-12(22)8-11/h5-8,13-14,20,22H,9-10H2,1-4H3/t13-,14+/m0/s1. The number of alkyl halides is 2. The van der Waals surface area contributed by atoms with E-state index in [0.717, 1.165) is 11.2 Å². The first-order valence-corrected chi connectivity index (χ1v) is 10.2. The third kappa shape index (κ3) is 5.77. The molecule has 7 nitrogen and oxygen atoms in total. The summed E-state index contributed by atoms with van der Waals surface area (Å²) in [6.45, 7) is 3.85. The number of halogens is 2. The molecule has 10 heteroatoms. The van der Waals surface area contributed by atoms with Crippen LogP contribution in [0.2, 0.25) is 0 Å². The van der Waals surface area contributed by atoms with Gasteiger partial charge in [0.15, 0.2) is 0 Å². The van der Waals surface area contributed by atoms with Gasteiger partial charge < -0.3 is 9.84 Å². The number of aromatic hydroxyl groups is 1. The van der Waals surface area contributed by atoms with Crippen molar-refractivity contribution in [2.75, 3.05) is 12.8 Å². The van der Waals surface area contributed by atoms with Crippen LogP contribution < -0.4 is 4.72 Å². The highest BCUT2D eigenvalue weighted by Gasteiger charge is 2.57. The molecule has 2 atom stereocenters. The highest BCUT2D eigenvalue weighted by Crippen LogP contribution is 2.36. The Balaban J connectivity index is 2.40. The lowest BCUT2D eigenvalue weighted by molar-refractivity contribution is -0.0122.